The molecule has 0 spiro atoms. The zero-order chi connectivity index (χ0) is 18.3. The van der Waals surface area contributed by atoms with Crippen LogP contribution >= 0.6 is 22.6 Å². The van der Waals surface area contributed by atoms with Gasteiger partial charge in [-0.05, 0) is 59.6 Å². The lowest BCUT2D eigenvalue weighted by atomic mass is 9.72. The molecule has 0 saturated carbocycles. The molecule has 4 rings (SSSR count). The van der Waals surface area contributed by atoms with Crippen molar-refractivity contribution in [2.75, 3.05) is 13.7 Å². The highest BCUT2D eigenvalue weighted by atomic mass is 127. The third-order valence-electron chi connectivity index (χ3n) is 5.94. The molecule has 26 heavy (non-hydrogen) atoms. The van der Waals surface area contributed by atoms with Crippen molar-refractivity contribution in [1.29, 1.82) is 5.41 Å². The van der Waals surface area contributed by atoms with Crippen LogP contribution in [-0.2, 0) is 16.3 Å². The molecule has 1 heterocycles. The van der Waals surface area contributed by atoms with E-state index in [2.05, 4.69) is 71.2 Å². The molecule has 2 N–H and O–H groups in total. The molecular weight excluding hydrogens is 435 g/mol. The van der Waals surface area contributed by atoms with Crippen LogP contribution in [0.15, 0.2) is 36.4 Å². The summed E-state index contributed by atoms with van der Waals surface area (Å²) in [6, 6.07) is 14.0. The fraction of sp³-hybridized carbons (Fsp3) is 0.409. The van der Waals surface area contributed by atoms with Crippen molar-refractivity contribution in [3.63, 3.8) is 0 Å². The maximum Gasteiger partial charge on any atom is 0.127 e. The Morgan fingerprint density at radius 1 is 1.31 bits per heavy atom. The minimum absolute atomic E-state index is 0.0503. The van der Waals surface area contributed by atoms with Gasteiger partial charge < -0.3 is 15.5 Å². The van der Waals surface area contributed by atoms with Crippen molar-refractivity contribution in [3.05, 3.63) is 64.2 Å². The van der Waals surface area contributed by atoms with Gasteiger partial charge in [-0.1, -0.05) is 53.8 Å². The summed E-state index contributed by atoms with van der Waals surface area (Å²) in [5.74, 6) is 1.40. The molecule has 0 bridgehead atoms. The highest BCUT2D eigenvalue weighted by Crippen LogP contribution is 2.50. The first-order valence-electron chi connectivity index (χ1n) is 9.28. The van der Waals surface area contributed by atoms with E-state index >= 15 is 0 Å². The fourth-order valence-corrected chi connectivity index (χ4v) is 5.37. The van der Waals surface area contributed by atoms with Crippen LogP contribution in [0.4, 0.5) is 0 Å². The van der Waals surface area contributed by atoms with Gasteiger partial charge in [-0.15, -0.1) is 0 Å². The minimum atomic E-state index is 0.0503. The lowest BCUT2D eigenvalue weighted by Crippen LogP contribution is -2.34. The van der Waals surface area contributed by atoms with Gasteiger partial charge in [-0.3, -0.25) is 0 Å². The number of fused-ring (bicyclic) bond motifs is 1. The second kappa shape index (κ2) is 6.97. The third-order valence-corrected chi connectivity index (χ3v) is 7.96. The Kier molecular flexibility index (Phi) is 4.82. The van der Waals surface area contributed by atoms with Crippen molar-refractivity contribution in [1.82, 2.24) is 5.32 Å². The summed E-state index contributed by atoms with van der Waals surface area (Å²) in [6.45, 7) is 3.47. The Bertz CT molecular complexity index is 829. The average Bonchev–Trinajstić information content (AvgIpc) is 3.50. The Morgan fingerprint density at radius 2 is 2.04 bits per heavy atom. The van der Waals surface area contributed by atoms with Gasteiger partial charge in [0.1, 0.15) is 5.75 Å². The van der Waals surface area contributed by atoms with Crippen LogP contribution in [-0.4, -0.2) is 19.9 Å². The van der Waals surface area contributed by atoms with Crippen LogP contribution in [0, 0.1) is 11.3 Å². The maximum atomic E-state index is 7.76. The number of methoxy groups -OCH3 is 1. The van der Waals surface area contributed by atoms with E-state index in [-0.39, 0.29) is 3.42 Å². The van der Waals surface area contributed by atoms with Gasteiger partial charge in [0.2, 0.25) is 0 Å². The highest BCUT2D eigenvalue weighted by molar-refractivity contribution is 14.1. The number of aryl methyl sites for hydroxylation is 1. The zero-order valence-electron chi connectivity index (χ0n) is 15.3. The molecule has 0 amide bonds. The molecule has 4 heteroatoms. The van der Waals surface area contributed by atoms with Crippen molar-refractivity contribution in [3.8, 4) is 5.75 Å². The Hall–Kier alpha value is -1.40. The second-order valence-corrected chi connectivity index (χ2v) is 9.50. The minimum Gasteiger partial charge on any atom is -0.496 e. The van der Waals surface area contributed by atoms with Gasteiger partial charge in [0.15, 0.2) is 0 Å². The van der Waals surface area contributed by atoms with E-state index in [4.69, 9.17) is 10.1 Å². The van der Waals surface area contributed by atoms with Crippen LogP contribution in [0.25, 0.3) is 0 Å². The van der Waals surface area contributed by atoms with E-state index < -0.39 is 0 Å². The normalized spacial score (nSPS) is 26.9. The monoisotopic (exact) mass is 460 g/mol. The summed E-state index contributed by atoms with van der Waals surface area (Å²) in [6.07, 6.45) is 4.70. The van der Waals surface area contributed by atoms with E-state index in [1.165, 1.54) is 34.9 Å². The van der Waals surface area contributed by atoms with Gasteiger partial charge in [-0.25, -0.2) is 0 Å². The SMILES string of the molecule is COc1cc2c(cc1C=N)[C@@](I)(Cc1ccc(C3CN3)cc1)C(C)CC2. The van der Waals surface area contributed by atoms with E-state index in [0.717, 1.165) is 30.7 Å². The smallest absolute Gasteiger partial charge is 0.127 e. The lowest BCUT2D eigenvalue weighted by Gasteiger charge is -2.40. The van der Waals surface area contributed by atoms with E-state index in [0.29, 0.717) is 12.0 Å². The fourth-order valence-electron chi connectivity index (χ4n) is 4.12. The first-order chi connectivity index (χ1) is 12.5. The second-order valence-electron chi connectivity index (χ2n) is 7.58. The largest absolute Gasteiger partial charge is 0.496 e. The van der Waals surface area contributed by atoms with Crippen LogP contribution in [0.3, 0.4) is 0 Å². The van der Waals surface area contributed by atoms with Gasteiger partial charge in [0.25, 0.3) is 0 Å². The molecule has 1 aliphatic heterocycles. The number of hydrogen-bond donors (Lipinski definition) is 2. The molecule has 2 unspecified atom stereocenters. The number of rotatable bonds is 5. The van der Waals surface area contributed by atoms with Gasteiger partial charge in [0.05, 0.1) is 10.5 Å². The van der Waals surface area contributed by atoms with Crippen molar-refractivity contribution >= 4 is 28.8 Å². The number of nitrogens with one attached hydrogen (secondary N) is 2. The van der Waals surface area contributed by atoms with E-state index in [9.17, 15) is 0 Å². The Morgan fingerprint density at radius 3 is 2.65 bits per heavy atom. The van der Waals surface area contributed by atoms with Crippen LogP contribution in [0.1, 0.15) is 47.2 Å². The number of benzene rings is 2. The quantitative estimate of drug-likeness (QED) is 0.292. The molecule has 0 aromatic heterocycles. The molecule has 1 fully saturated rings. The van der Waals surface area contributed by atoms with Crippen LogP contribution < -0.4 is 10.1 Å². The molecule has 136 valence electrons. The molecule has 3 atom stereocenters. The summed E-state index contributed by atoms with van der Waals surface area (Å²) >= 11 is 2.67. The van der Waals surface area contributed by atoms with Gasteiger partial charge in [0, 0.05) is 24.4 Å². The summed E-state index contributed by atoms with van der Waals surface area (Å²) in [4.78, 5) is 0. The average molecular weight is 460 g/mol. The predicted molar refractivity (Wildman–Crippen MR) is 115 cm³/mol. The van der Waals surface area contributed by atoms with Crippen molar-refractivity contribution in [2.24, 2.45) is 5.92 Å². The predicted octanol–water partition coefficient (Wildman–Crippen LogP) is 4.79. The summed E-state index contributed by atoms with van der Waals surface area (Å²) in [5.41, 5.74) is 6.40. The van der Waals surface area contributed by atoms with E-state index in [1.54, 1.807) is 7.11 Å². The Balaban J connectivity index is 1.71. The molecule has 2 aromatic carbocycles. The number of hydrogen-bond acceptors (Lipinski definition) is 3. The molecule has 3 nitrogen and oxygen atoms in total. The molecule has 0 radical (unpaired) electrons. The number of halogens is 1. The van der Waals surface area contributed by atoms with Crippen LogP contribution in [0.5, 0.6) is 5.75 Å². The summed E-state index contributed by atoms with van der Waals surface area (Å²) in [5, 5.41) is 11.1. The summed E-state index contributed by atoms with van der Waals surface area (Å²) in [7, 11) is 1.69. The van der Waals surface area contributed by atoms with E-state index in [1.807, 2.05) is 0 Å². The molecule has 2 aromatic rings. The topological polar surface area (TPSA) is 55.0 Å². The third kappa shape index (κ3) is 3.18. The first-order valence-corrected chi connectivity index (χ1v) is 10.4. The highest BCUT2D eigenvalue weighted by Gasteiger charge is 2.40. The molecule has 1 saturated heterocycles. The molecule has 1 aliphatic carbocycles. The lowest BCUT2D eigenvalue weighted by molar-refractivity contribution is 0.376. The Labute approximate surface area is 169 Å². The summed E-state index contributed by atoms with van der Waals surface area (Å²) < 4.78 is 5.55. The van der Waals surface area contributed by atoms with Crippen LogP contribution in [0.2, 0.25) is 0 Å². The molecular formula is C22H25IN2O. The first kappa shape index (κ1) is 18.0. The number of alkyl halides is 1. The van der Waals surface area contributed by atoms with Crippen molar-refractivity contribution < 1.29 is 4.74 Å². The van der Waals surface area contributed by atoms with Gasteiger partial charge in [-0.2, -0.15) is 0 Å². The number of ether oxygens (including phenoxy) is 1. The molecule has 2 aliphatic rings. The van der Waals surface area contributed by atoms with Gasteiger partial charge >= 0.3 is 0 Å². The standard InChI is InChI=1S/C22H25IN2O/c1-14-3-6-17-10-21(26-2)18(12-24)9-19(17)22(14,23)11-15-4-7-16(8-5-15)20-13-25-20/h4-5,7-10,12,14,20,24-25H,3,6,11,13H2,1-2H3/t14?,20?,22-/m1/s1. The van der Waals surface area contributed by atoms with Crippen molar-refractivity contribution in [2.45, 2.75) is 35.6 Å². The zero-order valence-corrected chi connectivity index (χ0v) is 17.5. The maximum absolute atomic E-state index is 7.76.